The molecule has 0 unspecified atom stereocenters. The minimum atomic E-state index is 0.777. The van der Waals surface area contributed by atoms with Gasteiger partial charge in [0.2, 0.25) is 0 Å². The maximum Gasteiger partial charge on any atom is 0.126 e. The van der Waals surface area contributed by atoms with Crippen molar-refractivity contribution in [1.29, 1.82) is 0 Å². The van der Waals surface area contributed by atoms with Crippen molar-refractivity contribution in [3.63, 3.8) is 0 Å². The van der Waals surface area contributed by atoms with Crippen molar-refractivity contribution >= 4 is 27.2 Å². The zero-order valence-electron chi connectivity index (χ0n) is 9.88. The van der Waals surface area contributed by atoms with Crippen LogP contribution in [0.3, 0.4) is 0 Å². The van der Waals surface area contributed by atoms with E-state index in [9.17, 15) is 0 Å². The first-order valence-electron chi connectivity index (χ1n) is 5.55. The molecular weight excluding hydrogens is 244 g/mol. The Balaban J connectivity index is 2.21. The Morgan fingerprint density at radius 1 is 1.28 bits per heavy atom. The molecule has 2 N–H and O–H groups in total. The number of pyridine rings is 1. The fourth-order valence-corrected chi connectivity index (χ4v) is 2.75. The highest BCUT2D eigenvalue weighted by Gasteiger charge is 2.08. The van der Waals surface area contributed by atoms with Crippen LogP contribution in [-0.2, 0) is 0 Å². The molecule has 2 heterocycles. The van der Waals surface area contributed by atoms with Crippen LogP contribution in [0.15, 0.2) is 41.9 Å². The van der Waals surface area contributed by atoms with E-state index in [-0.39, 0.29) is 0 Å². The standard InChI is InChI=1S/C14H12N2OS/c1-17-13-5-3-2-4-10(13)9-6-11-12(15)8-18-14(11)16-7-9/h2-8H,15H2,1H3. The number of thiophene rings is 1. The first-order valence-corrected chi connectivity index (χ1v) is 6.43. The van der Waals surface area contributed by atoms with E-state index in [0.29, 0.717) is 0 Å². The number of ether oxygens (including phenoxy) is 1. The van der Waals surface area contributed by atoms with Gasteiger partial charge in [-0.3, -0.25) is 0 Å². The first-order chi connectivity index (χ1) is 8.79. The Bertz CT molecular complexity index is 706. The lowest BCUT2D eigenvalue weighted by molar-refractivity contribution is 0.416. The summed E-state index contributed by atoms with van der Waals surface area (Å²) >= 11 is 1.56. The normalized spacial score (nSPS) is 10.7. The van der Waals surface area contributed by atoms with Gasteiger partial charge in [-0.15, -0.1) is 11.3 Å². The van der Waals surface area contributed by atoms with Gasteiger partial charge >= 0.3 is 0 Å². The van der Waals surface area contributed by atoms with E-state index in [0.717, 1.165) is 32.8 Å². The predicted molar refractivity (Wildman–Crippen MR) is 76.0 cm³/mol. The molecule has 0 atom stereocenters. The Hall–Kier alpha value is -2.07. The Labute approximate surface area is 109 Å². The molecule has 18 heavy (non-hydrogen) atoms. The summed E-state index contributed by atoms with van der Waals surface area (Å²) < 4.78 is 5.37. The van der Waals surface area contributed by atoms with E-state index in [1.54, 1.807) is 18.4 Å². The Kier molecular flexibility index (Phi) is 2.64. The van der Waals surface area contributed by atoms with Crippen LogP contribution in [0.4, 0.5) is 5.69 Å². The summed E-state index contributed by atoms with van der Waals surface area (Å²) in [4.78, 5) is 5.40. The van der Waals surface area contributed by atoms with Crippen molar-refractivity contribution in [2.45, 2.75) is 0 Å². The van der Waals surface area contributed by atoms with Gasteiger partial charge in [0.1, 0.15) is 10.6 Å². The van der Waals surface area contributed by atoms with Crippen molar-refractivity contribution in [2.24, 2.45) is 0 Å². The number of para-hydroxylation sites is 1. The minimum absolute atomic E-state index is 0.777. The van der Waals surface area contributed by atoms with E-state index >= 15 is 0 Å². The van der Waals surface area contributed by atoms with Crippen molar-refractivity contribution in [2.75, 3.05) is 12.8 Å². The van der Waals surface area contributed by atoms with Crippen molar-refractivity contribution in [1.82, 2.24) is 4.98 Å². The van der Waals surface area contributed by atoms with Crippen LogP contribution >= 0.6 is 11.3 Å². The first kappa shape index (κ1) is 11.0. The van der Waals surface area contributed by atoms with Crippen molar-refractivity contribution < 1.29 is 4.74 Å². The topological polar surface area (TPSA) is 48.1 Å². The highest BCUT2D eigenvalue weighted by atomic mass is 32.1. The molecular formula is C14H12N2OS. The number of aromatic nitrogens is 1. The second kappa shape index (κ2) is 4.31. The van der Waals surface area contributed by atoms with Crippen LogP contribution in [0.2, 0.25) is 0 Å². The summed E-state index contributed by atoms with van der Waals surface area (Å²) in [5, 5.41) is 2.92. The molecule has 3 rings (SSSR count). The fraction of sp³-hybridized carbons (Fsp3) is 0.0714. The molecule has 0 aliphatic carbocycles. The number of nitrogens with zero attached hydrogens (tertiary/aromatic N) is 1. The quantitative estimate of drug-likeness (QED) is 0.762. The van der Waals surface area contributed by atoms with Gasteiger partial charge in [0.05, 0.1) is 12.8 Å². The fourth-order valence-electron chi connectivity index (χ4n) is 1.97. The highest BCUT2D eigenvalue weighted by Crippen LogP contribution is 2.34. The molecule has 4 heteroatoms. The van der Waals surface area contributed by atoms with Crippen LogP contribution in [-0.4, -0.2) is 12.1 Å². The molecule has 2 aromatic heterocycles. The van der Waals surface area contributed by atoms with Crippen LogP contribution in [0.25, 0.3) is 21.3 Å². The SMILES string of the molecule is COc1ccccc1-c1cnc2scc(N)c2c1. The van der Waals surface area contributed by atoms with Gasteiger partial charge in [0, 0.05) is 28.1 Å². The lowest BCUT2D eigenvalue weighted by Gasteiger charge is -2.08. The molecule has 0 aliphatic rings. The average Bonchev–Trinajstić information content (AvgIpc) is 2.80. The third-order valence-corrected chi connectivity index (χ3v) is 3.80. The average molecular weight is 256 g/mol. The van der Waals surface area contributed by atoms with Crippen LogP contribution in [0, 0.1) is 0 Å². The zero-order chi connectivity index (χ0) is 12.5. The van der Waals surface area contributed by atoms with E-state index in [4.69, 9.17) is 10.5 Å². The molecule has 0 fully saturated rings. The maximum atomic E-state index is 5.93. The van der Waals surface area contributed by atoms with Gasteiger partial charge in [0.15, 0.2) is 0 Å². The Morgan fingerprint density at radius 3 is 2.94 bits per heavy atom. The second-order valence-electron chi connectivity index (χ2n) is 3.97. The molecule has 0 bridgehead atoms. The lowest BCUT2D eigenvalue weighted by Crippen LogP contribution is -1.88. The molecule has 0 saturated heterocycles. The number of methoxy groups -OCH3 is 1. The number of nitrogen functional groups attached to an aromatic ring is 1. The third-order valence-electron chi connectivity index (χ3n) is 2.88. The smallest absolute Gasteiger partial charge is 0.126 e. The minimum Gasteiger partial charge on any atom is -0.496 e. The predicted octanol–water partition coefficient (Wildman–Crippen LogP) is 3.55. The molecule has 0 saturated carbocycles. The molecule has 1 aromatic carbocycles. The lowest BCUT2D eigenvalue weighted by atomic mass is 10.1. The molecule has 0 radical (unpaired) electrons. The van der Waals surface area contributed by atoms with Crippen molar-refractivity contribution in [3.05, 3.63) is 41.9 Å². The molecule has 90 valence electrons. The van der Waals surface area contributed by atoms with E-state index in [2.05, 4.69) is 11.1 Å². The molecule has 0 amide bonds. The number of hydrogen-bond acceptors (Lipinski definition) is 4. The number of hydrogen-bond donors (Lipinski definition) is 1. The summed E-state index contributed by atoms with van der Waals surface area (Å²) in [5.74, 6) is 0.840. The number of benzene rings is 1. The largest absolute Gasteiger partial charge is 0.496 e. The van der Waals surface area contributed by atoms with Gasteiger partial charge in [-0.1, -0.05) is 18.2 Å². The summed E-state index contributed by atoms with van der Waals surface area (Å²) in [5.41, 5.74) is 8.76. The number of fused-ring (bicyclic) bond motifs is 1. The van der Waals surface area contributed by atoms with E-state index in [1.165, 1.54) is 0 Å². The summed E-state index contributed by atoms with van der Waals surface area (Å²) in [6.07, 6.45) is 1.86. The van der Waals surface area contributed by atoms with Crippen LogP contribution in [0.5, 0.6) is 5.75 Å². The van der Waals surface area contributed by atoms with Gasteiger partial charge in [0.25, 0.3) is 0 Å². The second-order valence-corrected chi connectivity index (χ2v) is 4.83. The molecule has 3 aromatic rings. The maximum absolute atomic E-state index is 5.93. The molecule has 3 nitrogen and oxygen atoms in total. The summed E-state index contributed by atoms with van der Waals surface area (Å²) in [7, 11) is 1.67. The van der Waals surface area contributed by atoms with Gasteiger partial charge in [-0.2, -0.15) is 0 Å². The third kappa shape index (κ3) is 1.71. The van der Waals surface area contributed by atoms with E-state index in [1.807, 2.05) is 35.8 Å². The van der Waals surface area contributed by atoms with Gasteiger partial charge < -0.3 is 10.5 Å². The van der Waals surface area contributed by atoms with Crippen molar-refractivity contribution in [3.8, 4) is 16.9 Å². The summed E-state index contributed by atoms with van der Waals surface area (Å²) in [6.45, 7) is 0. The highest BCUT2D eigenvalue weighted by molar-refractivity contribution is 7.17. The number of nitrogens with two attached hydrogens (primary N) is 1. The molecule has 0 aliphatic heterocycles. The van der Waals surface area contributed by atoms with Crippen LogP contribution in [0.1, 0.15) is 0 Å². The van der Waals surface area contributed by atoms with Crippen LogP contribution < -0.4 is 10.5 Å². The number of anilines is 1. The Morgan fingerprint density at radius 2 is 2.11 bits per heavy atom. The van der Waals surface area contributed by atoms with Gasteiger partial charge in [-0.05, 0) is 12.1 Å². The monoisotopic (exact) mass is 256 g/mol. The van der Waals surface area contributed by atoms with Gasteiger partial charge in [-0.25, -0.2) is 4.98 Å². The zero-order valence-corrected chi connectivity index (χ0v) is 10.7. The summed E-state index contributed by atoms with van der Waals surface area (Å²) in [6, 6.07) is 9.96. The number of rotatable bonds is 2. The van der Waals surface area contributed by atoms with E-state index < -0.39 is 0 Å². The molecule has 0 spiro atoms.